The highest BCUT2D eigenvalue weighted by molar-refractivity contribution is 8.23. The van der Waals surface area contributed by atoms with E-state index in [9.17, 15) is 4.79 Å². The fraction of sp³-hybridized carbons (Fsp3) is 0.684. The molecule has 0 atom stereocenters. The zero-order chi connectivity index (χ0) is 16.8. The molecule has 0 aromatic carbocycles. The van der Waals surface area contributed by atoms with Crippen LogP contribution in [0.3, 0.4) is 0 Å². The van der Waals surface area contributed by atoms with Gasteiger partial charge in [-0.3, -0.25) is 9.69 Å². The van der Waals surface area contributed by atoms with E-state index in [1.165, 1.54) is 51.4 Å². The lowest BCUT2D eigenvalue weighted by Gasteiger charge is -2.11. The molecular formula is C19H31NOS2. The molecule has 1 amide bonds. The van der Waals surface area contributed by atoms with Crippen molar-refractivity contribution < 1.29 is 4.79 Å². The molecule has 23 heavy (non-hydrogen) atoms. The SMILES string of the molecule is CCCCCC/C=C\CCCCC/C=C/C(=O)N1CCSC1=S. The number of amides is 1. The van der Waals surface area contributed by atoms with Crippen molar-refractivity contribution in [3.8, 4) is 0 Å². The quantitative estimate of drug-likeness (QED) is 0.189. The van der Waals surface area contributed by atoms with Crippen molar-refractivity contribution in [1.29, 1.82) is 0 Å². The van der Waals surface area contributed by atoms with E-state index in [1.807, 2.05) is 6.08 Å². The molecule has 4 heteroatoms. The van der Waals surface area contributed by atoms with Gasteiger partial charge in [-0.15, -0.1) is 0 Å². The fourth-order valence-electron chi connectivity index (χ4n) is 2.49. The smallest absolute Gasteiger partial charge is 0.251 e. The predicted molar refractivity (Wildman–Crippen MR) is 107 cm³/mol. The lowest BCUT2D eigenvalue weighted by molar-refractivity contribution is -0.121. The number of carbonyl (C=O) groups is 1. The first-order chi connectivity index (χ1) is 11.3. The average molecular weight is 354 g/mol. The molecule has 0 spiro atoms. The van der Waals surface area contributed by atoms with Crippen molar-refractivity contribution >= 4 is 34.2 Å². The third kappa shape index (κ3) is 9.98. The van der Waals surface area contributed by atoms with Gasteiger partial charge in [-0.05, 0) is 44.6 Å². The van der Waals surface area contributed by atoms with E-state index in [-0.39, 0.29) is 5.91 Å². The second-order valence-electron chi connectivity index (χ2n) is 5.97. The molecule has 0 radical (unpaired) electrons. The van der Waals surface area contributed by atoms with Gasteiger partial charge in [0.2, 0.25) is 0 Å². The van der Waals surface area contributed by atoms with Gasteiger partial charge in [-0.2, -0.15) is 0 Å². The Labute approximate surface area is 151 Å². The summed E-state index contributed by atoms with van der Waals surface area (Å²) in [5.74, 6) is 0.982. The van der Waals surface area contributed by atoms with Crippen molar-refractivity contribution in [3.63, 3.8) is 0 Å². The first kappa shape index (κ1) is 20.4. The molecule has 1 rings (SSSR count). The van der Waals surface area contributed by atoms with Crippen molar-refractivity contribution in [1.82, 2.24) is 4.90 Å². The number of thiocarbonyl (C=S) groups is 1. The molecule has 2 nitrogen and oxygen atoms in total. The van der Waals surface area contributed by atoms with E-state index >= 15 is 0 Å². The molecule has 1 aliphatic heterocycles. The maximum Gasteiger partial charge on any atom is 0.251 e. The Balaban J connectivity index is 1.93. The lowest BCUT2D eigenvalue weighted by atomic mass is 10.1. The van der Waals surface area contributed by atoms with Gasteiger partial charge in [0, 0.05) is 12.3 Å². The number of hydrogen-bond acceptors (Lipinski definition) is 3. The van der Waals surface area contributed by atoms with Crippen LogP contribution in [0.2, 0.25) is 0 Å². The summed E-state index contributed by atoms with van der Waals surface area (Å²) in [7, 11) is 0. The summed E-state index contributed by atoms with van der Waals surface area (Å²) in [6, 6.07) is 0. The van der Waals surface area contributed by atoms with Gasteiger partial charge in [0.25, 0.3) is 5.91 Å². The van der Waals surface area contributed by atoms with E-state index in [0.29, 0.717) is 0 Å². The van der Waals surface area contributed by atoms with Crippen LogP contribution in [-0.2, 0) is 4.79 Å². The normalized spacial score (nSPS) is 15.3. The molecule has 1 fully saturated rings. The predicted octanol–water partition coefficient (Wildman–Crippen LogP) is 5.88. The number of allylic oxidation sites excluding steroid dienone is 3. The Morgan fingerprint density at radius 3 is 2.22 bits per heavy atom. The van der Waals surface area contributed by atoms with E-state index in [2.05, 4.69) is 19.1 Å². The Morgan fingerprint density at radius 2 is 1.65 bits per heavy atom. The van der Waals surface area contributed by atoms with Gasteiger partial charge in [-0.1, -0.05) is 74.8 Å². The molecule has 130 valence electrons. The molecule has 0 aromatic rings. The van der Waals surface area contributed by atoms with Crippen molar-refractivity contribution in [3.05, 3.63) is 24.3 Å². The van der Waals surface area contributed by atoms with Crippen molar-refractivity contribution in [2.45, 2.75) is 71.1 Å². The number of thioether (sulfide) groups is 1. The molecule has 1 saturated heterocycles. The number of hydrogen-bond donors (Lipinski definition) is 0. The third-order valence-corrected chi connectivity index (χ3v) is 5.35. The first-order valence-corrected chi connectivity index (χ1v) is 10.4. The largest absolute Gasteiger partial charge is 0.293 e. The van der Waals surface area contributed by atoms with Crippen LogP contribution in [0.25, 0.3) is 0 Å². The van der Waals surface area contributed by atoms with Crippen LogP contribution in [0.15, 0.2) is 24.3 Å². The molecular weight excluding hydrogens is 322 g/mol. The second kappa shape index (κ2) is 13.8. The van der Waals surface area contributed by atoms with E-state index in [1.54, 1.807) is 22.7 Å². The van der Waals surface area contributed by atoms with Gasteiger partial charge in [0.15, 0.2) is 0 Å². The summed E-state index contributed by atoms with van der Waals surface area (Å²) < 4.78 is 0.723. The summed E-state index contributed by atoms with van der Waals surface area (Å²) in [4.78, 5) is 13.6. The van der Waals surface area contributed by atoms with Crippen LogP contribution in [0.1, 0.15) is 71.1 Å². The van der Waals surface area contributed by atoms with Crippen molar-refractivity contribution in [2.24, 2.45) is 0 Å². The van der Waals surface area contributed by atoms with Crippen molar-refractivity contribution in [2.75, 3.05) is 12.3 Å². The minimum absolute atomic E-state index is 0.0472. The molecule has 0 N–H and O–H groups in total. The van der Waals surface area contributed by atoms with Crippen LogP contribution >= 0.6 is 24.0 Å². The highest BCUT2D eigenvalue weighted by Crippen LogP contribution is 2.18. The zero-order valence-electron chi connectivity index (χ0n) is 14.5. The van der Waals surface area contributed by atoms with Gasteiger partial charge in [0.05, 0.1) is 0 Å². The van der Waals surface area contributed by atoms with E-state index in [0.717, 1.165) is 29.5 Å². The third-order valence-electron chi connectivity index (χ3n) is 3.92. The summed E-state index contributed by atoms with van der Waals surface area (Å²) in [6.45, 7) is 3.01. The standard InChI is InChI=1S/C19H31NOS2/c1-2-3-4-5-6-7-8-9-10-11-12-13-14-15-18(21)20-16-17-23-19(20)22/h7-8,14-15H,2-6,9-13,16-17H2,1H3/b8-7-,15-14+. The number of nitrogens with zero attached hydrogens (tertiary/aromatic N) is 1. The molecule has 1 aliphatic rings. The minimum Gasteiger partial charge on any atom is -0.293 e. The van der Waals surface area contributed by atoms with Gasteiger partial charge in [0.1, 0.15) is 4.32 Å². The Bertz CT molecular complexity index is 404. The molecule has 0 aliphatic carbocycles. The van der Waals surface area contributed by atoms with Crippen LogP contribution in [0.5, 0.6) is 0 Å². The molecule has 0 aromatic heterocycles. The van der Waals surface area contributed by atoms with E-state index < -0.39 is 0 Å². The molecule has 1 heterocycles. The highest BCUT2D eigenvalue weighted by atomic mass is 32.2. The van der Waals surface area contributed by atoms with Crippen LogP contribution in [-0.4, -0.2) is 27.4 Å². The highest BCUT2D eigenvalue weighted by Gasteiger charge is 2.21. The monoisotopic (exact) mass is 353 g/mol. The maximum atomic E-state index is 11.9. The first-order valence-electron chi connectivity index (χ1n) is 9.05. The van der Waals surface area contributed by atoms with Crippen LogP contribution in [0.4, 0.5) is 0 Å². The fourth-order valence-corrected chi connectivity index (χ4v) is 3.71. The zero-order valence-corrected chi connectivity index (χ0v) is 16.1. The second-order valence-corrected chi connectivity index (χ2v) is 7.69. The summed E-state index contributed by atoms with van der Waals surface area (Å²) >= 11 is 6.74. The van der Waals surface area contributed by atoms with Gasteiger partial charge < -0.3 is 0 Å². The molecule has 0 bridgehead atoms. The average Bonchev–Trinajstić information content (AvgIpc) is 2.98. The summed E-state index contributed by atoms with van der Waals surface area (Å²) in [5, 5.41) is 0. The topological polar surface area (TPSA) is 20.3 Å². The Hall–Kier alpha value is -0.610. The minimum atomic E-state index is 0.0472. The van der Waals surface area contributed by atoms with Gasteiger partial charge >= 0.3 is 0 Å². The summed E-state index contributed by atoms with van der Waals surface area (Å²) in [6.07, 6.45) is 20.8. The number of carbonyl (C=O) groups excluding carboxylic acids is 1. The maximum absolute atomic E-state index is 11.9. The summed E-state index contributed by atoms with van der Waals surface area (Å²) in [5.41, 5.74) is 0. The van der Waals surface area contributed by atoms with Crippen LogP contribution in [0, 0.1) is 0 Å². The Morgan fingerprint density at radius 1 is 1.04 bits per heavy atom. The molecule has 0 saturated carbocycles. The van der Waals surface area contributed by atoms with Crippen LogP contribution < -0.4 is 0 Å². The lowest BCUT2D eigenvalue weighted by Crippen LogP contribution is -2.28. The van der Waals surface area contributed by atoms with E-state index in [4.69, 9.17) is 12.2 Å². The molecule has 0 unspecified atom stereocenters. The van der Waals surface area contributed by atoms with Gasteiger partial charge in [-0.25, -0.2) is 0 Å². The number of rotatable bonds is 12. The number of unbranched alkanes of at least 4 members (excludes halogenated alkanes) is 8. The Kier molecular flexibility index (Phi) is 12.3.